The molecule has 1 aromatic rings. The molecule has 2 fully saturated rings. The lowest BCUT2D eigenvalue weighted by Crippen LogP contribution is -2.59. The minimum absolute atomic E-state index is 0.0538. The molecule has 136 valence electrons. The van der Waals surface area contributed by atoms with Gasteiger partial charge in [-0.25, -0.2) is 4.39 Å². The first kappa shape index (κ1) is 17.7. The number of benzene rings is 1. The molecule has 0 aliphatic carbocycles. The lowest BCUT2D eigenvalue weighted by molar-refractivity contribution is -0.148. The number of nitrogens with zero attached hydrogens (tertiary/aromatic N) is 2. The molecule has 1 aromatic carbocycles. The highest BCUT2D eigenvalue weighted by Crippen LogP contribution is 2.24. The van der Waals surface area contributed by atoms with Crippen molar-refractivity contribution in [2.24, 2.45) is 5.92 Å². The zero-order chi connectivity index (χ0) is 17.8. The van der Waals surface area contributed by atoms with Gasteiger partial charge in [-0.15, -0.1) is 0 Å². The summed E-state index contributed by atoms with van der Waals surface area (Å²) in [7, 11) is 1.49. The summed E-state index contributed by atoms with van der Waals surface area (Å²) < 4.78 is 23.5. The lowest BCUT2D eigenvalue weighted by atomic mass is 9.94. The molecule has 2 saturated heterocycles. The van der Waals surface area contributed by atoms with Crippen molar-refractivity contribution in [3.05, 3.63) is 30.1 Å². The van der Waals surface area contributed by atoms with Gasteiger partial charge in [-0.2, -0.15) is 0 Å². The van der Waals surface area contributed by atoms with Gasteiger partial charge in [0.05, 0.1) is 19.0 Å². The molecule has 0 N–H and O–H groups in total. The summed E-state index contributed by atoms with van der Waals surface area (Å²) in [5.41, 5.74) is 0. The fourth-order valence-electron chi connectivity index (χ4n) is 3.28. The number of carbonyl (C=O) groups excluding carboxylic acids is 2. The maximum atomic E-state index is 12.9. The van der Waals surface area contributed by atoms with Crippen LogP contribution in [0.25, 0.3) is 0 Å². The Balaban J connectivity index is 1.46. The Morgan fingerprint density at radius 3 is 2.56 bits per heavy atom. The number of piperidine rings is 1. The minimum atomic E-state index is -0.303. The normalized spacial score (nSPS) is 21.0. The highest BCUT2D eigenvalue weighted by atomic mass is 19.1. The maximum Gasteiger partial charge on any atom is 0.248 e. The number of likely N-dealkylation sites (tertiary alicyclic amines) is 2. The number of rotatable bonds is 5. The first-order chi connectivity index (χ1) is 12.1. The Morgan fingerprint density at radius 2 is 1.88 bits per heavy atom. The van der Waals surface area contributed by atoms with Crippen LogP contribution in [0, 0.1) is 11.7 Å². The van der Waals surface area contributed by atoms with E-state index in [0.717, 1.165) is 12.8 Å². The molecule has 2 aliphatic rings. The monoisotopic (exact) mass is 350 g/mol. The SMILES string of the molecule is COCC(=O)N1CCC[C@H](C(=O)N2CC(Oc3ccc(F)cc3)C2)C1. The highest BCUT2D eigenvalue weighted by molar-refractivity contribution is 5.82. The van der Waals surface area contributed by atoms with Gasteiger partial charge < -0.3 is 19.3 Å². The van der Waals surface area contributed by atoms with E-state index in [2.05, 4.69) is 0 Å². The van der Waals surface area contributed by atoms with Crippen molar-refractivity contribution in [1.82, 2.24) is 9.80 Å². The molecule has 0 unspecified atom stereocenters. The second-order valence-corrected chi connectivity index (χ2v) is 6.55. The van der Waals surface area contributed by atoms with Crippen molar-refractivity contribution in [2.45, 2.75) is 18.9 Å². The average Bonchev–Trinajstić information content (AvgIpc) is 2.59. The van der Waals surface area contributed by atoms with Gasteiger partial charge in [0.2, 0.25) is 11.8 Å². The molecule has 0 bridgehead atoms. The number of ether oxygens (including phenoxy) is 2. The summed E-state index contributed by atoms with van der Waals surface area (Å²) >= 11 is 0. The first-order valence-corrected chi connectivity index (χ1v) is 8.54. The number of carbonyl (C=O) groups is 2. The molecule has 1 atom stereocenters. The molecular weight excluding hydrogens is 327 g/mol. The smallest absolute Gasteiger partial charge is 0.248 e. The molecule has 2 heterocycles. The van der Waals surface area contributed by atoms with E-state index < -0.39 is 0 Å². The third-order valence-electron chi connectivity index (χ3n) is 4.67. The number of amides is 2. The lowest BCUT2D eigenvalue weighted by Gasteiger charge is -2.42. The van der Waals surface area contributed by atoms with E-state index >= 15 is 0 Å². The van der Waals surface area contributed by atoms with Crippen LogP contribution in [-0.2, 0) is 14.3 Å². The zero-order valence-corrected chi connectivity index (χ0v) is 14.3. The van der Waals surface area contributed by atoms with Crippen LogP contribution in [0.1, 0.15) is 12.8 Å². The van der Waals surface area contributed by atoms with Crippen molar-refractivity contribution in [3.8, 4) is 5.75 Å². The molecular formula is C18H23FN2O4. The molecule has 0 saturated carbocycles. The number of hydrogen-bond donors (Lipinski definition) is 0. The van der Waals surface area contributed by atoms with Gasteiger partial charge in [-0.1, -0.05) is 0 Å². The summed E-state index contributed by atoms with van der Waals surface area (Å²) in [5.74, 6) is 0.159. The van der Waals surface area contributed by atoms with Gasteiger partial charge in [0, 0.05) is 20.2 Å². The molecule has 6 nitrogen and oxygen atoms in total. The Kier molecular flexibility index (Phi) is 5.53. The van der Waals surface area contributed by atoms with E-state index in [1.165, 1.54) is 19.2 Å². The first-order valence-electron chi connectivity index (χ1n) is 8.54. The number of methoxy groups -OCH3 is 1. The zero-order valence-electron chi connectivity index (χ0n) is 14.3. The average molecular weight is 350 g/mol. The van der Waals surface area contributed by atoms with Crippen molar-refractivity contribution < 1.29 is 23.5 Å². The summed E-state index contributed by atoms with van der Waals surface area (Å²) in [4.78, 5) is 28.0. The minimum Gasteiger partial charge on any atom is -0.487 e. The summed E-state index contributed by atoms with van der Waals surface area (Å²) in [5, 5.41) is 0. The molecule has 2 aliphatic heterocycles. The maximum absolute atomic E-state index is 12.9. The van der Waals surface area contributed by atoms with Gasteiger partial charge >= 0.3 is 0 Å². The van der Waals surface area contributed by atoms with Crippen molar-refractivity contribution >= 4 is 11.8 Å². The summed E-state index contributed by atoms with van der Waals surface area (Å²) in [6.45, 7) is 2.25. The van der Waals surface area contributed by atoms with Crippen LogP contribution in [-0.4, -0.2) is 67.6 Å². The Labute approximate surface area is 146 Å². The van der Waals surface area contributed by atoms with Gasteiger partial charge in [0.15, 0.2) is 0 Å². The van der Waals surface area contributed by atoms with Crippen molar-refractivity contribution in [2.75, 3.05) is 39.9 Å². The largest absolute Gasteiger partial charge is 0.487 e. The number of hydrogen-bond acceptors (Lipinski definition) is 4. The van der Waals surface area contributed by atoms with Crippen LogP contribution in [0.4, 0.5) is 4.39 Å². The van der Waals surface area contributed by atoms with E-state index in [1.807, 2.05) is 0 Å². The fraction of sp³-hybridized carbons (Fsp3) is 0.556. The Bertz CT molecular complexity index is 616. The van der Waals surface area contributed by atoms with Crippen LogP contribution in [0.3, 0.4) is 0 Å². The van der Waals surface area contributed by atoms with E-state index in [-0.39, 0.29) is 36.3 Å². The molecule has 0 radical (unpaired) electrons. The predicted octanol–water partition coefficient (Wildman–Crippen LogP) is 1.30. The Hall–Kier alpha value is -2.15. The van der Waals surface area contributed by atoms with Crippen molar-refractivity contribution in [3.63, 3.8) is 0 Å². The van der Waals surface area contributed by atoms with E-state index in [0.29, 0.717) is 31.9 Å². The van der Waals surface area contributed by atoms with E-state index in [1.54, 1.807) is 21.9 Å². The highest BCUT2D eigenvalue weighted by Gasteiger charge is 2.37. The second kappa shape index (κ2) is 7.82. The molecule has 2 amide bonds. The van der Waals surface area contributed by atoms with Crippen LogP contribution < -0.4 is 4.74 Å². The third-order valence-corrected chi connectivity index (χ3v) is 4.67. The van der Waals surface area contributed by atoms with Gasteiger partial charge in [-0.3, -0.25) is 9.59 Å². The van der Waals surface area contributed by atoms with E-state index in [4.69, 9.17) is 9.47 Å². The molecule has 25 heavy (non-hydrogen) atoms. The van der Waals surface area contributed by atoms with Crippen molar-refractivity contribution in [1.29, 1.82) is 0 Å². The van der Waals surface area contributed by atoms with Crippen LogP contribution in [0.5, 0.6) is 5.75 Å². The molecule has 0 spiro atoms. The molecule has 3 rings (SSSR count). The molecule has 0 aromatic heterocycles. The third kappa shape index (κ3) is 4.28. The number of halogens is 1. The van der Waals surface area contributed by atoms with Gasteiger partial charge in [0.25, 0.3) is 0 Å². The second-order valence-electron chi connectivity index (χ2n) is 6.55. The molecule has 7 heteroatoms. The topological polar surface area (TPSA) is 59.1 Å². The summed E-state index contributed by atoms with van der Waals surface area (Å²) in [6, 6.07) is 5.87. The van der Waals surface area contributed by atoms with Crippen LogP contribution in [0.2, 0.25) is 0 Å². The van der Waals surface area contributed by atoms with Gasteiger partial charge in [-0.05, 0) is 37.1 Å². The predicted molar refractivity (Wildman–Crippen MR) is 88.6 cm³/mol. The van der Waals surface area contributed by atoms with Crippen LogP contribution >= 0.6 is 0 Å². The Morgan fingerprint density at radius 1 is 1.16 bits per heavy atom. The quantitative estimate of drug-likeness (QED) is 0.803. The van der Waals surface area contributed by atoms with E-state index in [9.17, 15) is 14.0 Å². The standard InChI is InChI=1S/C18H23FN2O4/c1-24-12-17(22)20-8-2-3-13(9-20)18(23)21-10-16(11-21)25-15-6-4-14(19)5-7-15/h4-7,13,16H,2-3,8-12H2,1H3/t13-/m0/s1. The van der Waals surface area contributed by atoms with Crippen LogP contribution in [0.15, 0.2) is 24.3 Å². The van der Waals surface area contributed by atoms with Gasteiger partial charge in [0.1, 0.15) is 24.3 Å². The summed E-state index contributed by atoms with van der Waals surface area (Å²) in [6.07, 6.45) is 1.56. The fourth-order valence-corrected chi connectivity index (χ4v) is 3.28.